The number of aromatic nitrogens is 2. The molecule has 2 atom stereocenters. The van der Waals surface area contributed by atoms with Crippen LogP contribution in [0.2, 0.25) is 0 Å². The molecule has 3 heteroatoms. The average molecular weight is 400 g/mol. The smallest absolute Gasteiger partial charge is 0.114 e. The van der Waals surface area contributed by atoms with Gasteiger partial charge < -0.3 is 4.57 Å². The first-order valence-corrected chi connectivity index (χ1v) is 11.3. The summed E-state index contributed by atoms with van der Waals surface area (Å²) in [5.41, 5.74) is 5.78. The molecule has 156 valence electrons. The fraction of sp³-hybridized carbons (Fsp3) is 0.481. The topological polar surface area (TPSA) is 41.6 Å². The minimum absolute atomic E-state index is 0.335. The van der Waals surface area contributed by atoms with Crippen molar-refractivity contribution in [3.8, 4) is 6.07 Å². The second-order valence-electron chi connectivity index (χ2n) is 10.4. The lowest BCUT2D eigenvalue weighted by atomic mass is 9.70. The highest BCUT2D eigenvalue weighted by Crippen LogP contribution is 2.45. The number of nitriles is 1. The molecule has 30 heavy (non-hydrogen) atoms. The maximum atomic E-state index is 9.35. The highest BCUT2D eigenvalue weighted by Gasteiger charge is 2.34. The van der Waals surface area contributed by atoms with Crippen LogP contribution in [0.1, 0.15) is 88.4 Å². The van der Waals surface area contributed by atoms with Gasteiger partial charge in [-0.1, -0.05) is 58.9 Å². The van der Waals surface area contributed by atoms with Crippen molar-refractivity contribution in [2.45, 2.75) is 72.3 Å². The predicted octanol–water partition coefficient (Wildman–Crippen LogP) is 7.01. The van der Waals surface area contributed by atoms with Gasteiger partial charge in [0.2, 0.25) is 0 Å². The number of fused-ring (bicyclic) bond motifs is 1. The molecule has 3 aromatic rings. The Kier molecular flexibility index (Phi) is 5.45. The normalized spacial score (nSPS) is 21.1. The molecule has 0 aliphatic heterocycles. The van der Waals surface area contributed by atoms with Gasteiger partial charge in [0.05, 0.1) is 22.7 Å². The molecule has 1 saturated carbocycles. The Morgan fingerprint density at radius 2 is 1.87 bits per heavy atom. The first kappa shape index (κ1) is 20.7. The molecule has 3 nitrogen and oxygen atoms in total. The van der Waals surface area contributed by atoms with Crippen LogP contribution in [-0.2, 0) is 6.42 Å². The van der Waals surface area contributed by atoms with Crippen molar-refractivity contribution in [2.75, 3.05) is 0 Å². The maximum absolute atomic E-state index is 9.35. The lowest BCUT2D eigenvalue weighted by molar-refractivity contribution is 0.137. The Morgan fingerprint density at radius 1 is 1.13 bits per heavy atom. The van der Waals surface area contributed by atoms with Gasteiger partial charge in [0, 0.05) is 12.5 Å². The summed E-state index contributed by atoms with van der Waals surface area (Å²) in [6, 6.07) is 17.7. The van der Waals surface area contributed by atoms with Crippen LogP contribution in [0.5, 0.6) is 0 Å². The van der Waals surface area contributed by atoms with Gasteiger partial charge in [-0.2, -0.15) is 5.26 Å². The van der Waals surface area contributed by atoms with E-state index in [9.17, 15) is 5.26 Å². The van der Waals surface area contributed by atoms with Crippen LogP contribution in [0.4, 0.5) is 0 Å². The zero-order valence-electron chi connectivity index (χ0n) is 18.9. The van der Waals surface area contributed by atoms with Gasteiger partial charge in [0.1, 0.15) is 5.82 Å². The predicted molar refractivity (Wildman–Crippen MR) is 124 cm³/mol. The summed E-state index contributed by atoms with van der Waals surface area (Å²) in [5, 5.41) is 9.35. The van der Waals surface area contributed by atoms with E-state index in [1.165, 1.54) is 30.4 Å². The van der Waals surface area contributed by atoms with Gasteiger partial charge >= 0.3 is 0 Å². The molecule has 1 fully saturated rings. The molecule has 0 saturated heterocycles. The van der Waals surface area contributed by atoms with Crippen molar-refractivity contribution in [2.24, 2.45) is 11.3 Å². The SMILES string of the molecule is CC1C[C@H](n2c(Cc3ccc(C(C)C)cc3)nc3cc(C#N)ccc32)CC(C)(C)C1. The highest BCUT2D eigenvalue weighted by molar-refractivity contribution is 5.78. The Labute approximate surface area is 180 Å². The van der Waals surface area contributed by atoms with Crippen molar-refractivity contribution in [1.82, 2.24) is 9.55 Å². The second-order valence-corrected chi connectivity index (χ2v) is 10.4. The van der Waals surface area contributed by atoms with Gasteiger partial charge in [-0.15, -0.1) is 0 Å². The first-order valence-electron chi connectivity index (χ1n) is 11.3. The van der Waals surface area contributed by atoms with Crippen LogP contribution >= 0.6 is 0 Å². The summed E-state index contributed by atoms with van der Waals surface area (Å²) in [4.78, 5) is 5.03. The molecule has 0 N–H and O–H groups in total. The summed E-state index contributed by atoms with van der Waals surface area (Å²) in [6.07, 6.45) is 4.46. The minimum Gasteiger partial charge on any atom is -0.325 e. The van der Waals surface area contributed by atoms with Crippen LogP contribution in [0.3, 0.4) is 0 Å². The largest absolute Gasteiger partial charge is 0.325 e. The van der Waals surface area contributed by atoms with Crippen LogP contribution < -0.4 is 0 Å². The molecule has 4 rings (SSSR count). The van der Waals surface area contributed by atoms with Crippen LogP contribution in [-0.4, -0.2) is 9.55 Å². The average Bonchev–Trinajstić information content (AvgIpc) is 3.03. The van der Waals surface area contributed by atoms with E-state index in [-0.39, 0.29) is 0 Å². The van der Waals surface area contributed by atoms with E-state index in [1.807, 2.05) is 12.1 Å². The number of hydrogen-bond acceptors (Lipinski definition) is 2. The summed E-state index contributed by atoms with van der Waals surface area (Å²) in [5.74, 6) is 2.36. The molecule has 0 amide bonds. The quantitative estimate of drug-likeness (QED) is 0.473. The van der Waals surface area contributed by atoms with Crippen LogP contribution in [0, 0.1) is 22.7 Å². The zero-order chi connectivity index (χ0) is 21.5. The lowest BCUT2D eigenvalue weighted by Gasteiger charge is -2.40. The summed E-state index contributed by atoms with van der Waals surface area (Å²) >= 11 is 0. The number of rotatable bonds is 4. The molecule has 0 radical (unpaired) electrons. The molecule has 1 aliphatic carbocycles. The van der Waals surface area contributed by atoms with E-state index in [4.69, 9.17) is 4.98 Å². The third-order valence-corrected chi connectivity index (χ3v) is 6.63. The van der Waals surface area contributed by atoms with Crippen molar-refractivity contribution in [3.63, 3.8) is 0 Å². The van der Waals surface area contributed by atoms with Crippen LogP contribution in [0.25, 0.3) is 11.0 Å². The molecule has 1 aromatic heterocycles. The standard InChI is InChI=1S/C27H33N3/c1-18(2)22-9-6-20(7-10-22)14-26-29-24-13-21(17-28)8-11-25(24)30(26)23-12-19(3)15-27(4,5)16-23/h6-11,13,18-19,23H,12,14-16H2,1-5H3/t19?,23-/m0/s1. The molecule has 0 spiro atoms. The molecule has 1 aliphatic rings. The van der Waals surface area contributed by atoms with E-state index in [2.05, 4.69) is 75.6 Å². The van der Waals surface area contributed by atoms with E-state index < -0.39 is 0 Å². The minimum atomic E-state index is 0.335. The monoisotopic (exact) mass is 399 g/mol. The third kappa shape index (κ3) is 4.15. The van der Waals surface area contributed by atoms with E-state index in [0.29, 0.717) is 28.9 Å². The van der Waals surface area contributed by atoms with Crippen molar-refractivity contribution in [3.05, 3.63) is 65.0 Å². The Hall–Kier alpha value is -2.60. The van der Waals surface area contributed by atoms with Crippen molar-refractivity contribution in [1.29, 1.82) is 5.26 Å². The first-order chi connectivity index (χ1) is 14.3. The summed E-state index contributed by atoms with van der Waals surface area (Å²) in [7, 11) is 0. The van der Waals surface area contributed by atoms with Crippen LogP contribution in [0.15, 0.2) is 42.5 Å². The highest BCUT2D eigenvalue weighted by atomic mass is 15.1. The third-order valence-electron chi connectivity index (χ3n) is 6.63. The van der Waals surface area contributed by atoms with E-state index in [1.54, 1.807) is 0 Å². The number of nitrogens with zero attached hydrogens (tertiary/aromatic N) is 3. The maximum Gasteiger partial charge on any atom is 0.114 e. The Bertz CT molecular complexity index is 1080. The second kappa shape index (κ2) is 7.91. The van der Waals surface area contributed by atoms with Gasteiger partial charge in [-0.25, -0.2) is 4.98 Å². The van der Waals surface area contributed by atoms with Crippen molar-refractivity contribution < 1.29 is 0 Å². The van der Waals surface area contributed by atoms with Gasteiger partial charge in [-0.05, 0) is 65.8 Å². The number of imidazole rings is 1. The van der Waals surface area contributed by atoms with Crippen molar-refractivity contribution >= 4 is 11.0 Å². The number of benzene rings is 2. The summed E-state index contributed by atoms with van der Waals surface area (Å²) < 4.78 is 2.49. The van der Waals surface area contributed by atoms with Gasteiger partial charge in [0.15, 0.2) is 0 Å². The van der Waals surface area contributed by atoms with Gasteiger partial charge in [0.25, 0.3) is 0 Å². The Balaban J connectivity index is 1.77. The molecular weight excluding hydrogens is 366 g/mol. The fourth-order valence-electron chi connectivity index (χ4n) is 5.45. The summed E-state index contributed by atoms with van der Waals surface area (Å²) in [6.45, 7) is 11.6. The lowest BCUT2D eigenvalue weighted by Crippen LogP contribution is -2.30. The van der Waals surface area contributed by atoms with Gasteiger partial charge in [-0.3, -0.25) is 0 Å². The molecular formula is C27H33N3. The van der Waals surface area contributed by atoms with E-state index in [0.717, 1.165) is 23.3 Å². The molecule has 0 bridgehead atoms. The molecule has 1 unspecified atom stereocenters. The number of hydrogen-bond donors (Lipinski definition) is 0. The molecule has 2 aromatic carbocycles. The van der Waals surface area contributed by atoms with E-state index >= 15 is 0 Å². The fourth-order valence-corrected chi connectivity index (χ4v) is 5.45. The zero-order valence-corrected chi connectivity index (χ0v) is 18.9. The Morgan fingerprint density at radius 3 is 2.50 bits per heavy atom. The molecule has 1 heterocycles.